The van der Waals surface area contributed by atoms with Crippen molar-refractivity contribution in [3.8, 4) is 11.5 Å². The summed E-state index contributed by atoms with van der Waals surface area (Å²) in [6.07, 6.45) is 0. The average molecular weight is 374 g/mol. The summed E-state index contributed by atoms with van der Waals surface area (Å²) < 4.78 is 41.0. The van der Waals surface area contributed by atoms with Crippen molar-refractivity contribution in [1.29, 1.82) is 0 Å². The molecule has 0 saturated carbocycles. The van der Waals surface area contributed by atoms with E-state index in [-0.39, 0.29) is 23.0 Å². The molecule has 1 atom stereocenters. The second kappa shape index (κ2) is 8.91. The average Bonchev–Trinajstić information content (AvgIpc) is 2.59. The highest BCUT2D eigenvalue weighted by molar-refractivity contribution is 7.92. The summed E-state index contributed by atoms with van der Waals surface area (Å²) in [5, 5.41) is 2.77. The van der Waals surface area contributed by atoms with Crippen LogP contribution in [0.2, 0.25) is 0 Å². The first kappa shape index (κ1) is 21.0. The van der Waals surface area contributed by atoms with Gasteiger partial charge in [0, 0.05) is 26.3 Å². The Kier molecular flexibility index (Phi) is 7.50. The molecule has 0 aliphatic rings. The van der Waals surface area contributed by atoms with Gasteiger partial charge in [0.2, 0.25) is 10.0 Å². The maximum absolute atomic E-state index is 12.7. The number of carbonyl (C=O) groups excluding carboxylic acids is 1. The molecule has 142 valence electrons. The van der Waals surface area contributed by atoms with Gasteiger partial charge in [-0.2, -0.15) is 0 Å². The number of rotatable bonds is 9. The SMILES string of the molecule is CCS(=O)(=O)N(C)c1cc(OC)c(OC)cc1C(=O)NC(C)COC. The Morgan fingerprint density at radius 2 is 1.76 bits per heavy atom. The minimum Gasteiger partial charge on any atom is -0.493 e. The number of nitrogens with zero attached hydrogens (tertiary/aromatic N) is 1. The lowest BCUT2D eigenvalue weighted by molar-refractivity contribution is 0.0906. The number of hydrogen-bond donors (Lipinski definition) is 1. The molecule has 0 saturated heterocycles. The second-order valence-electron chi connectivity index (χ2n) is 5.42. The summed E-state index contributed by atoms with van der Waals surface area (Å²) in [6.45, 7) is 3.65. The summed E-state index contributed by atoms with van der Waals surface area (Å²) in [4.78, 5) is 12.7. The molecule has 1 N–H and O–H groups in total. The lowest BCUT2D eigenvalue weighted by Crippen LogP contribution is -2.37. The molecule has 0 bridgehead atoms. The zero-order valence-corrected chi connectivity index (χ0v) is 16.3. The second-order valence-corrected chi connectivity index (χ2v) is 7.71. The molecule has 1 rings (SSSR count). The Labute approximate surface area is 149 Å². The molecular weight excluding hydrogens is 348 g/mol. The van der Waals surface area contributed by atoms with E-state index in [0.29, 0.717) is 18.1 Å². The number of nitrogens with one attached hydrogen (secondary N) is 1. The van der Waals surface area contributed by atoms with E-state index in [2.05, 4.69) is 5.32 Å². The fourth-order valence-electron chi connectivity index (χ4n) is 2.25. The number of benzene rings is 1. The quantitative estimate of drug-likeness (QED) is 0.699. The molecule has 0 heterocycles. The van der Waals surface area contributed by atoms with Crippen molar-refractivity contribution in [2.75, 3.05) is 45.0 Å². The first-order valence-electron chi connectivity index (χ1n) is 7.74. The number of amides is 1. The van der Waals surface area contributed by atoms with Crippen LogP contribution < -0.4 is 19.1 Å². The maximum atomic E-state index is 12.7. The monoisotopic (exact) mass is 374 g/mol. The first-order chi connectivity index (χ1) is 11.7. The van der Waals surface area contributed by atoms with Gasteiger partial charge >= 0.3 is 0 Å². The van der Waals surface area contributed by atoms with E-state index in [0.717, 1.165) is 4.31 Å². The van der Waals surface area contributed by atoms with Crippen molar-refractivity contribution in [3.63, 3.8) is 0 Å². The Balaban J connectivity index is 3.44. The van der Waals surface area contributed by atoms with Gasteiger partial charge in [-0.05, 0) is 19.9 Å². The molecule has 8 nitrogen and oxygen atoms in total. The highest BCUT2D eigenvalue weighted by Gasteiger charge is 2.25. The molecule has 0 radical (unpaired) electrons. The number of carbonyl (C=O) groups is 1. The van der Waals surface area contributed by atoms with E-state index in [4.69, 9.17) is 14.2 Å². The Bertz CT molecular complexity index is 705. The minimum atomic E-state index is -3.56. The zero-order valence-electron chi connectivity index (χ0n) is 15.5. The Morgan fingerprint density at radius 1 is 1.20 bits per heavy atom. The minimum absolute atomic E-state index is 0.0982. The van der Waals surface area contributed by atoms with E-state index in [1.54, 1.807) is 6.92 Å². The summed E-state index contributed by atoms with van der Waals surface area (Å²) in [7, 11) is 2.26. The molecule has 1 aromatic rings. The molecule has 1 aromatic carbocycles. The van der Waals surface area contributed by atoms with Crippen LogP contribution in [0.5, 0.6) is 11.5 Å². The zero-order chi connectivity index (χ0) is 19.2. The third-order valence-corrected chi connectivity index (χ3v) is 5.42. The van der Waals surface area contributed by atoms with Crippen LogP contribution in [0.3, 0.4) is 0 Å². The van der Waals surface area contributed by atoms with Crippen molar-refractivity contribution in [1.82, 2.24) is 5.32 Å². The van der Waals surface area contributed by atoms with Gasteiger partial charge in [-0.1, -0.05) is 0 Å². The number of hydrogen-bond acceptors (Lipinski definition) is 6. The standard InChI is InChI=1S/C16H26N2O6S/c1-7-25(20,21)18(3)13-9-15(24-6)14(23-5)8-12(13)16(19)17-11(2)10-22-4/h8-9,11H,7,10H2,1-6H3,(H,17,19). The van der Waals surface area contributed by atoms with Crippen molar-refractivity contribution >= 4 is 21.6 Å². The first-order valence-corrected chi connectivity index (χ1v) is 9.35. The molecule has 0 aromatic heterocycles. The van der Waals surface area contributed by atoms with Crippen LogP contribution in [0.1, 0.15) is 24.2 Å². The largest absolute Gasteiger partial charge is 0.493 e. The molecular formula is C16H26N2O6S. The van der Waals surface area contributed by atoms with Crippen LogP contribution in [0, 0.1) is 0 Å². The predicted octanol–water partition coefficient (Wildman–Crippen LogP) is 1.25. The van der Waals surface area contributed by atoms with E-state index in [1.165, 1.54) is 47.4 Å². The normalized spacial score (nSPS) is 12.4. The molecule has 1 unspecified atom stereocenters. The van der Waals surface area contributed by atoms with Crippen molar-refractivity contribution in [2.24, 2.45) is 0 Å². The highest BCUT2D eigenvalue weighted by atomic mass is 32.2. The van der Waals surface area contributed by atoms with Crippen molar-refractivity contribution < 1.29 is 27.4 Å². The van der Waals surface area contributed by atoms with Crippen molar-refractivity contribution in [2.45, 2.75) is 19.9 Å². The molecule has 1 amide bonds. The van der Waals surface area contributed by atoms with E-state index < -0.39 is 15.9 Å². The van der Waals surface area contributed by atoms with E-state index in [1.807, 2.05) is 0 Å². The van der Waals surface area contributed by atoms with Gasteiger partial charge in [-0.25, -0.2) is 8.42 Å². The summed E-state index contributed by atoms with van der Waals surface area (Å²) in [5.41, 5.74) is 0.377. The van der Waals surface area contributed by atoms with Gasteiger partial charge in [0.15, 0.2) is 11.5 Å². The van der Waals surface area contributed by atoms with Gasteiger partial charge in [-0.15, -0.1) is 0 Å². The molecule has 0 spiro atoms. The summed E-state index contributed by atoms with van der Waals surface area (Å²) >= 11 is 0. The van der Waals surface area contributed by atoms with Crippen LogP contribution >= 0.6 is 0 Å². The Morgan fingerprint density at radius 3 is 2.24 bits per heavy atom. The summed E-state index contributed by atoms with van der Waals surface area (Å²) in [6, 6.07) is 2.69. The van der Waals surface area contributed by atoms with Crippen LogP contribution in [0.4, 0.5) is 5.69 Å². The van der Waals surface area contributed by atoms with Crippen molar-refractivity contribution in [3.05, 3.63) is 17.7 Å². The van der Waals surface area contributed by atoms with Gasteiger partial charge in [0.1, 0.15) is 0 Å². The fraction of sp³-hybridized carbons (Fsp3) is 0.562. The van der Waals surface area contributed by atoms with Crippen LogP contribution in [0.15, 0.2) is 12.1 Å². The predicted molar refractivity (Wildman–Crippen MR) is 96.2 cm³/mol. The van der Waals surface area contributed by atoms with Crippen LogP contribution in [-0.4, -0.2) is 61.1 Å². The van der Waals surface area contributed by atoms with Gasteiger partial charge in [0.25, 0.3) is 5.91 Å². The molecule has 9 heteroatoms. The fourth-order valence-corrected chi connectivity index (χ4v) is 3.09. The van der Waals surface area contributed by atoms with Gasteiger partial charge < -0.3 is 19.5 Å². The third kappa shape index (κ3) is 4.99. The number of methoxy groups -OCH3 is 3. The third-order valence-electron chi connectivity index (χ3n) is 3.66. The summed E-state index contributed by atoms with van der Waals surface area (Å²) in [5.74, 6) is 0.132. The topological polar surface area (TPSA) is 94.2 Å². The number of ether oxygens (including phenoxy) is 3. The smallest absolute Gasteiger partial charge is 0.253 e. The number of anilines is 1. The molecule has 0 fully saturated rings. The maximum Gasteiger partial charge on any atom is 0.253 e. The Hall–Kier alpha value is -2.00. The highest BCUT2D eigenvalue weighted by Crippen LogP contribution is 2.35. The van der Waals surface area contributed by atoms with Crippen LogP contribution in [0.25, 0.3) is 0 Å². The lowest BCUT2D eigenvalue weighted by Gasteiger charge is -2.23. The molecule has 25 heavy (non-hydrogen) atoms. The van der Waals surface area contributed by atoms with Crippen LogP contribution in [-0.2, 0) is 14.8 Å². The lowest BCUT2D eigenvalue weighted by atomic mass is 10.1. The molecule has 0 aliphatic heterocycles. The molecule has 0 aliphatic carbocycles. The van der Waals surface area contributed by atoms with E-state index in [9.17, 15) is 13.2 Å². The van der Waals surface area contributed by atoms with E-state index >= 15 is 0 Å². The number of sulfonamides is 1. The van der Waals surface area contributed by atoms with Gasteiger partial charge in [-0.3, -0.25) is 9.10 Å². The van der Waals surface area contributed by atoms with Gasteiger partial charge in [0.05, 0.1) is 37.8 Å².